The molecule has 1 heterocycles. The van der Waals surface area contributed by atoms with Crippen molar-refractivity contribution in [2.45, 2.75) is 32.0 Å². The zero-order chi connectivity index (χ0) is 13.3. The Morgan fingerprint density at radius 3 is 2.61 bits per heavy atom. The molecule has 2 aliphatic rings. The van der Waals surface area contributed by atoms with E-state index in [-0.39, 0.29) is 11.8 Å². The summed E-state index contributed by atoms with van der Waals surface area (Å²) in [6, 6.07) is 0.573. The minimum absolute atomic E-state index is 0.220. The Labute approximate surface area is 103 Å². The number of alkyl halides is 3. The number of carbonyl (C=O) groups excluding carboxylic acids is 1. The van der Waals surface area contributed by atoms with E-state index in [0.717, 1.165) is 11.6 Å². The Bertz CT molecular complexity index is 318. The third kappa shape index (κ3) is 3.58. The van der Waals surface area contributed by atoms with Crippen LogP contribution in [0.1, 0.15) is 19.8 Å². The summed E-state index contributed by atoms with van der Waals surface area (Å²) in [5, 5.41) is 4.47. The zero-order valence-corrected chi connectivity index (χ0v) is 10.2. The Kier molecular flexibility index (Phi) is 3.82. The molecule has 0 bridgehead atoms. The number of rotatable bonds is 4. The second kappa shape index (κ2) is 5.05. The van der Waals surface area contributed by atoms with Gasteiger partial charge in [-0.2, -0.15) is 13.2 Å². The summed E-state index contributed by atoms with van der Waals surface area (Å²) in [5.41, 5.74) is 0. The molecular weight excluding hydrogens is 249 g/mol. The highest BCUT2D eigenvalue weighted by molar-refractivity contribution is 5.75. The number of nitrogens with one attached hydrogen (secondary N) is 1. The molecule has 1 saturated heterocycles. The lowest BCUT2D eigenvalue weighted by Gasteiger charge is -2.16. The van der Waals surface area contributed by atoms with E-state index in [1.54, 1.807) is 0 Å². The van der Waals surface area contributed by atoms with E-state index >= 15 is 0 Å². The number of hydrogen-bond acceptors (Lipinski definition) is 4. The molecule has 0 amide bonds. The van der Waals surface area contributed by atoms with Crippen LogP contribution in [-0.2, 0) is 9.63 Å². The third-order valence-electron chi connectivity index (χ3n) is 3.42. The van der Waals surface area contributed by atoms with Crippen molar-refractivity contribution in [2.75, 3.05) is 19.6 Å². The molecule has 7 heteroatoms. The average molecular weight is 266 g/mol. The fraction of sp³-hybridized carbons (Fsp3) is 0.909. The summed E-state index contributed by atoms with van der Waals surface area (Å²) in [7, 11) is 0. The van der Waals surface area contributed by atoms with Crippen molar-refractivity contribution in [3.63, 3.8) is 0 Å². The number of halogens is 3. The molecule has 1 N–H and O–H groups in total. The summed E-state index contributed by atoms with van der Waals surface area (Å²) in [6.07, 6.45) is -2.57. The Hall–Kier alpha value is -0.820. The highest BCUT2D eigenvalue weighted by Gasteiger charge is 2.44. The summed E-state index contributed by atoms with van der Waals surface area (Å²) in [6.45, 7) is 3.45. The maximum Gasteiger partial charge on any atom is 0.492 e. The molecule has 4 nitrogen and oxygen atoms in total. The standard InChI is InChI=1S/C11H17F3N2O2/c1-7-5-16(18-10(17)11(12,13)14)6-8(7)4-15-9-2-3-9/h7-9,15H,2-6H2,1H3/t7-,8-/m0/s1. The zero-order valence-electron chi connectivity index (χ0n) is 10.2. The van der Waals surface area contributed by atoms with Gasteiger partial charge in [0.05, 0.1) is 0 Å². The molecule has 0 spiro atoms. The van der Waals surface area contributed by atoms with Gasteiger partial charge < -0.3 is 10.2 Å². The van der Waals surface area contributed by atoms with E-state index in [4.69, 9.17) is 0 Å². The van der Waals surface area contributed by atoms with Crippen molar-refractivity contribution < 1.29 is 22.8 Å². The second-order valence-corrected chi connectivity index (χ2v) is 5.14. The Balaban J connectivity index is 1.76. The first-order valence-corrected chi connectivity index (χ1v) is 6.13. The van der Waals surface area contributed by atoms with Crippen molar-refractivity contribution in [1.82, 2.24) is 10.4 Å². The maximum atomic E-state index is 12.0. The monoisotopic (exact) mass is 266 g/mol. The molecule has 104 valence electrons. The van der Waals surface area contributed by atoms with Crippen LogP contribution in [0.3, 0.4) is 0 Å². The summed E-state index contributed by atoms with van der Waals surface area (Å²) in [5.74, 6) is -1.69. The lowest BCUT2D eigenvalue weighted by Crippen LogP contribution is -2.34. The van der Waals surface area contributed by atoms with Crippen molar-refractivity contribution in [1.29, 1.82) is 0 Å². The van der Waals surface area contributed by atoms with Gasteiger partial charge in [-0.1, -0.05) is 6.92 Å². The van der Waals surface area contributed by atoms with Crippen LogP contribution in [0.5, 0.6) is 0 Å². The third-order valence-corrected chi connectivity index (χ3v) is 3.42. The van der Waals surface area contributed by atoms with Crippen molar-refractivity contribution >= 4 is 5.97 Å². The van der Waals surface area contributed by atoms with E-state index in [1.807, 2.05) is 6.92 Å². The fourth-order valence-electron chi connectivity index (χ4n) is 2.10. The highest BCUT2D eigenvalue weighted by atomic mass is 19.4. The van der Waals surface area contributed by atoms with Gasteiger partial charge in [-0.05, 0) is 31.2 Å². The SMILES string of the molecule is C[C@H]1CN(OC(=O)C(F)(F)F)C[C@@H]1CNC1CC1. The minimum Gasteiger partial charge on any atom is -0.361 e. The van der Waals surface area contributed by atoms with Crippen LogP contribution >= 0.6 is 0 Å². The molecule has 2 atom stereocenters. The van der Waals surface area contributed by atoms with Crippen molar-refractivity contribution in [2.24, 2.45) is 11.8 Å². The minimum atomic E-state index is -4.92. The van der Waals surface area contributed by atoms with E-state index in [0.29, 0.717) is 19.1 Å². The molecule has 2 rings (SSSR count). The quantitative estimate of drug-likeness (QED) is 0.833. The molecule has 18 heavy (non-hydrogen) atoms. The molecule has 0 aromatic rings. The van der Waals surface area contributed by atoms with E-state index in [1.165, 1.54) is 12.8 Å². The summed E-state index contributed by atoms with van der Waals surface area (Å²) in [4.78, 5) is 15.0. The van der Waals surface area contributed by atoms with E-state index < -0.39 is 12.1 Å². The number of hydroxylamine groups is 2. The topological polar surface area (TPSA) is 41.6 Å². The van der Waals surface area contributed by atoms with Crippen molar-refractivity contribution in [3.05, 3.63) is 0 Å². The highest BCUT2D eigenvalue weighted by Crippen LogP contribution is 2.26. The summed E-state index contributed by atoms with van der Waals surface area (Å²) < 4.78 is 36.1. The normalized spacial score (nSPS) is 29.6. The second-order valence-electron chi connectivity index (χ2n) is 5.14. The maximum absolute atomic E-state index is 12.0. The van der Waals surface area contributed by atoms with Gasteiger partial charge in [-0.15, -0.1) is 5.06 Å². The smallest absolute Gasteiger partial charge is 0.361 e. The Morgan fingerprint density at radius 1 is 1.39 bits per heavy atom. The van der Waals surface area contributed by atoms with Crippen LogP contribution in [0.25, 0.3) is 0 Å². The molecule has 0 aromatic heterocycles. The molecule has 1 aliphatic heterocycles. The van der Waals surface area contributed by atoms with Crippen molar-refractivity contribution in [3.8, 4) is 0 Å². The number of hydrogen-bond donors (Lipinski definition) is 1. The van der Waals surface area contributed by atoms with Gasteiger partial charge in [-0.25, -0.2) is 4.79 Å². The van der Waals surface area contributed by atoms with Crippen LogP contribution < -0.4 is 5.32 Å². The predicted molar refractivity (Wildman–Crippen MR) is 57.4 cm³/mol. The average Bonchev–Trinajstić information content (AvgIpc) is 3.00. The van der Waals surface area contributed by atoms with Crippen LogP contribution in [0, 0.1) is 11.8 Å². The van der Waals surface area contributed by atoms with Gasteiger partial charge in [0.1, 0.15) is 0 Å². The Morgan fingerprint density at radius 2 is 2.06 bits per heavy atom. The van der Waals surface area contributed by atoms with Gasteiger partial charge in [-0.3, -0.25) is 0 Å². The molecule has 0 unspecified atom stereocenters. The molecule has 0 radical (unpaired) electrons. The molecular formula is C11H17F3N2O2. The van der Waals surface area contributed by atoms with Gasteiger partial charge >= 0.3 is 12.1 Å². The lowest BCUT2D eigenvalue weighted by atomic mass is 9.98. The van der Waals surface area contributed by atoms with Gasteiger partial charge in [0.2, 0.25) is 0 Å². The van der Waals surface area contributed by atoms with Crippen LogP contribution in [0.2, 0.25) is 0 Å². The largest absolute Gasteiger partial charge is 0.492 e. The molecule has 1 aliphatic carbocycles. The first kappa shape index (κ1) is 13.6. The number of carbonyl (C=O) groups is 1. The molecule has 1 saturated carbocycles. The number of nitrogens with zero attached hydrogens (tertiary/aromatic N) is 1. The lowest BCUT2D eigenvalue weighted by molar-refractivity contribution is -0.235. The van der Waals surface area contributed by atoms with Crippen LogP contribution in [0.15, 0.2) is 0 Å². The fourth-order valence-corrected chi connectivity index (χ4v) is 2.10. The van der Waals surface area contributed by atoms with Crippen LogP contribution in [-0.4, -0.2) is 42.9 Å². The van der Waals surface area contributed by atoms with E-state index in [9.17, 15) is 18.0 Å². The van der Waals surface area contributed by atoms with Crippen LogP contribution in [0.4, 0.5) is 13.2 Å². The predicted octanol–water partition coefficient (Wildman–Crippen LogP) is 1.33. The first-order chi connectivity index (χ1) is 8.36. The first-order valence-electron chi connectivity index (χ1n) is 6.13. The summed E-state index contributed by atoms with van der Waals surface area (Å²) >= 11 is 0. The molecule has 2 fully saturated rings. The van der Waals surface area contributed by atoms with E-state index in [2.05, 4.69) is 10.2 Å². The van der Waals surface area contributed by atoms with Gasteiger partial charge in [0.15, 0.2) is 0 Å². The molecule has 0 aromatic carbocycles. The van der Waals surface area contributed by atoms with Gasteiger partial charge in [0.25, 0.3) is 0 Å². The van der Waals surface area contributed by atoms with Gasteiger partial charge in [0, 0.05) is 19.1 Å².